The molecule has 1 aromatic carbocycles. The van der Waals surface area contributed by atoms with Crippen molar-refractivity contribution in [3.05, 3.63) is 42.0 Å². The minimum absolute atomic E-state index is 0.0241. The van der Waals surface area contributed by atoms with Crippen LogP contribution in [-0.2, 0) is 16.1 Å². The standard InChI is InChI=1S/C22H29N5O4/c1-16-23-18(31-24-16)14-26-15-27(17-8-6-5-7-9-17)22(19(26)28)10-12-25(13-11-22)20(29)30-21(2,3)4/h5-9H,10-15H2,1-4H3. The Balaban J connectivity index is 1.56. The van der Waals surface area contributed by atoms with Gasteiger partial charge in [0.25, 0.3) is 5.91 Å². The molecular formula is C22H29N5O4. The second kappa shape index (κ2) is 7.86. The first kappa shape index (κ1) is 21.1. The van der Waals surface area contributed by atoms with Crippen LogP contribution in [0.4, 0.5) is 10.5 Å². The van der Waals surface area contributed by atoms with Crippen molar-refractivity contribution in [2.75, 3.05) is 24.7 Å². The van der Waals surface area contributed by atoms with Gasteiger partial charge in [0.1, 0.15) is 17.7 Å². The molecule has 2 amide bonds. The number of anilines is 1. The highest BCUT2D eigenvalue weighted by Crippen LogP contribution is 2.40. The number of ether oxygens (including phenoxy) is 1. The zero-order chi connectivity index (χ0) is 22.2. The number of nitrogens with zero attached hydrogens (tertiary/aromatic N) is 5. The van der Waals surface area contributed by atoms with Crippen molar-refractivity contribution in [1.82, 2.24) is 19.9 Å². The number of para-hydroxylation sites is 1. The molecule has 9 heteroatoms. The predicted molar refractivity (Wildman–Crippen MR) is 113 cm³/mol. The number of rotatable bonds is 3. The molecule has 4 rings (SSSR count). The van der Waals surface area contributed by atoms with Crippen molar-refractivity contribution in [3.63, 3.8) is 0 Å². The highest BCUT2D eigenvalue weighted by Gasteiger charge is 2.54. The molecule has 9 nitrogen and oxygen atoms in total. The third kappa shape index (κ3) is 4.22. The number of carbonyl (C=O) groups is 2. The number of hydrogen-bond acceptors (Lipinski definition) is 7. The van der Waals surface area contributed by atoms with Gasteiger partial charge in [-0.2, -0.15) is 4.98 Å². The molecule has 1 aromatic heterocycles. The van der Waals surface area contributed by atoms with Gasteiger partial charge in [0.15, 0.2) is 5.82 Å². The molecule has 0 bridgehead atoms. The zero-order valence-corrected chi connectivity index (χ0v) is 18.5. The topological polar surface area (TPSA) is 92.0 Å². The summed E-state index contributed by atoms with van der Waals surface area (Å²) in [6.45, 7) is 8.91. The summed E-state index contributed by atoms with van der Waals surface area (Å²) in [5, 5.41) is 3.83. The predicted octanol–water partition coefficient (Wildman–Crippen LogP) is 2.95. The lowest BCUT2D eigenvalue weighted by Crippen LogP contribution is -2.57. The van der Waals surface area contributed by atoms with Crippen LogP contribution in [0.5, 0.6) is 0 Å². The maximum Gasteiger partial charge on any atom is 0.410 e. The van der Waals surface area contributed by atoms with Crippen LogP contribution in [0.2, 0.25) is 0 Å². The highest BCUT2D eigenvalue weighted by atomic mass is 16.6. The van der Waals surface area contributed by atoms with Gasteiger partial charge in [-0.25, -0.2) is 4.79 Å². The van der Waals surface area contributed by atoms with Gasteiger partial charge in [0, 0.05) is 18.8 Å². The Morgan fingerprint density at radius 3 is 2.45 bits per heavy atom. The number of hydrogen-bond donors (Lipinski definition) is 0. The molecule has 3 heterocycles. The summed E-state index contributed by atoms with van der Waals surface area (Å²) >= 11 is 0. The average Bonchev–Trinajstić information content (AvgIpc) is 3.24. The van der Waals surface area contributed by atoms with Gasteiger partial charge >= 0.3 is 6.09 Å². The summed E-state index contributed by atoms with van der Waals surface area (Å²) in [7, 11) is 0. The van der Waals surface area contributed by atoms with Crippen LogP contribution in [0.15, 0.2) is 34.9 Å². The zero-order valence-electron chi connectivity index (χ0n) is 18.5. The van der Waals surface area contributed by atoms with Crippen LogP contribution < -0.4 is 4.90 Å². The van der Waals surface area contributed by atoms with Crippen LogP contribution >= 0.6 is 0 Å². The van der Waals surface area contributed by atoms with Crippen LogP contribution in [-0.4, -0.2) is 62.8 Å². The molecule has 1 spiro atoms. The molecule has 2 fully saturated rings. The van der Waals surface area contributed by atoms with E-state index in [4.69, 9.17) is 9.26 Å². The van der Waals surface area contributed by atoms with Crippen LogP contribution in [0.1, 0.15) is 45.3 Å². The summed E-state index contributed by atoms with van der Waals surface area (Å²) < 4.78 is 10.8. The molecule has 166 valence electrons. The smallest absolute Gasteiger partial charge is 0.410 e. The van der Waals surface area contributed by atoms with Crippen LogP contribution in [0, 0.1) is 6.92 Å². The van der Waals surface area contributed by atoms with E-state index >= 15 is 0 Å². The number of carbonyl (C=O) groups excluding carboxylic acids is 2. The number of likely N-dealkylation sites (tertiary alicyclic amines) is 1. The molecule has 0 N–H and O–H groups in total. The maximum atomic E-state index is 13.6. The fourth-order valence-corrected chi connectivity index (χ4v) is 4.28. The van der Waals surface area contributed by atoms with Crippen LogP contribution in [0.3, 0.4) is 0 Å². The quantitative estimate of drug-likeness (QED) is 0.744. The Bertz CT molecular complexity index is 944. The third-order valence-corrected chi connectivity index (χ3v) is 5.72. The summed E-state index contributed by atoms with van der Waals surface area (Å²) in [4.78, 5) is 36.0. The van der Waals surface area contributed by atoms with Gasteiger partial charge in [0.05, 0.1) is 6.67 Å². The summed E-state index contributed by atoms with van der Waals surface area (Å²) in [5.41, 5.74) is -0.287. The van der Waals surface area contributed by atoms with E-state index in [1.54, 1.807) is 16.7 Å². The van der Waals surface area contributed by atoms with Crippen molar-refractivity contribution in [2.45, 2.75) is 58.2 Å². The first-order valence-electron chi connectivity index (χ1n) is 10.6. The fraction of sp³-hybridized carbons (Fsp3) is 0.545. The normalized spacial score (nSPS) is 18.7. The van der Waals surface area contributed by atoms with Gasteiger partial charge < -0.3 is 24.0 Å². The van der Waals surface area contributed by atoms with Crippen molar-refractivity contribution < 1.29 is 18.8 Å². The lowest BCUT2D eigenvalue weighted by atomic mass is 9.85. The van der Waals surface area contributed by atoms with E-state index in [1.165, 1.54) is 0 Å². The lowest BCUT2D eigenvalue weighted by molar-refractivity contribution is -0.134. The van der Waals surface area contributed by atoms with Crippen molar-refractivity contribution in [3.8, 4) is 0 Å². The largest absolute Gasteiger partial charge is 0.444 e. The van der Waals surface area contributed by atoms with E-state index in [0.29, 0.717) is 44.3 Å². The Kier molecular flexibility index (Phi) is 5.36. The molecule has 2 saturated heterocycles. The Morgan fingerprint density at radius 1 is 1.19 bits per heavy atom. The minimum atomic E-state index is -0.713. The van der Waals surface area contributed by atoms with E-state index < -0.39 is 11.1 Å². The molecule has 2 aromatic rings. The van der Waals surface area contributed by atoms with E-state index in [9.17, 15) is 9.59 Å². The van der Waals surface area contributed by atoms with E-state index in [-0.39, 0.29) is 18.5 Å². The first-order valence-corrected chi connectivity index (χ1v) is 10.6. The maximum absolute atomic E-state index is 13.6. The molecule has 2 aliphatic rings. The van der Waals surface area contributed by atoms with Crippen molar-refractivity contribution >= 4 is 17.7 Å². The molecule has 0 saturated carbocycles. The Morgan fingerprint density at radius 2 is 1.87 bits per heavy atom. The second-order valence-electron chi connectivity index (χ2n) is 9.14. The fourth-order valence-electron chi connectivity index (χ4n) is 4.28. The van der Waals surface area contributed by atoms with Crippen molar-refractivity contribution in [1.29, 1.82) is 0 Å². The summed E-state index contributed by atoms with van der Waals surface area (Å²) in [5.74, 6) is 0.986. The SMILES string of the molecule is Cc1noc(CN2CN(c3ccccc3)C3(CCN(C(=O)OC(C)(C)C)CC3)C2=O)n1. The Labute approximate surface area is 181 Å². The molecule has 0 atom stereocenters. The third-order valence-electron chi connectivity index (χ3n) is 5.72. The molecular weight excluding hydrogens is 398 g/mol. The van der Waals surface area contributed by atoms with Gasteiger partial charge in [0.2, 0.25) is 5.89 Å². The van der Waals surface area contributed by atoms with Gasteiger partial charge in [-0.05, 0) is 52.7 Å². The molecule has 2 aliphatic heterocycles. The highest BCUT2D eigenvalue weighted by molar-refractivity contribution is 5.93. The number of amides is 2. The minimum Gasteiger partial charge on any atom is -0.444 e. The molecule has 0 radical (unpaired) electrons. The summed E-state index contributed by atoms with van der Waals surface area (Å²) in [6, 6.07) is 9.91. The van der Waals surface area contributed by atoms with Gasteiger partial charge in [-0.3, -0.25) is 4.79 Å². The second-order valence-corrected chi connectivity index (χ2v) is 9.14. The Hall–Kier alpha value is -3.10. The van der Waals surface area contributed by atoms with E-state index in [2.05, 4.69) is 15.0 Å². The molecule has 0 aliphatic carbocycles. The van der Waals surface area contributed by atoms with E-state index in [1.807, 2.05) is 51.1 Å². The molecule has 31 heavy (non-hydrogen) atoms. The monoisotopic (exact) mass is 427 g/mol. The van der Waals surface area contributed by atoms with Gasteiger partial charge in [-0.1, -0.05) is 23.4 Å². The van der Waals surface area contributed by atoms with Gasteiger partial charge in [-0.15, -0.1) is 0 Å². The number of benzene rings is 1. The number of piperidine rings is 1. The van der Waals surface area contributed by atoms with Crippen LogP contribution in [0.25, 0.3) is 0 Å². The molecule has 0 unspecified atom stereocenters. The van der Waals surface area contributed by atoms with E-state index in [0.717, 1.165) is 5.69 Å². The van der Waals surface area contributed by atoms with Crippen molar-refractivity contribution in [2.24, 2.45) is 0 Å². The number of aryl methyl sites for hydroxylation is 1. The first-order chi connectivity index (χ1) is 14.7. The number of aromatic nitrogens is 2. The average molecular weight is 428 g/mol. The lowest BCUT2D eigenvalue weighted by Gasteiger charge is -2.43. The summed E-state index contributed by atoms with van der Waals surface area (Å²) in [6.07, 6.45) is 0.718.